The molecule has 2 amide bonds. The molecule has 3 rings (SSSR count). The number of amides is 2. The number of rotatable bonds is 5. The van der Waals surface area contributed by atoms with Gasteiger partial charge in [0.05, 0.1) is 0 Å². The lowest BCUT2D eigenvalue weighted by Crippen LogP contribution is -2.44. The number of benzene rings is 1. The van der Waals surface area contributed by atoms with Gasteiger partial charge in [0.25, 0.3) is 0 Å². The zero-order chi connectivity index (χ0) is 18.4. The second-order valence-corrected chi connectivity index (χ2v) is 6.85. The number of urea groups is 1. The molecule has 2 N–H and O–H groups in total. The van der Waals surface area contributed by atoms with Gasteiger partial charge in [0.2, 0.25) is 0 Å². The van der Waals surface area contributed by atoms with Crippen LogP contribution in [0.25, 0.3) is 0 Å². The molecular formula is C19H24ClN5O. The monoisotopic (exact) mass is 373 g/mol. The first-order valence-corrected chi connectivity index (χ1v) is 9.13. The summed E-state index contributed by atoms with van der Waals surface area (Å²) >= 11 is 6.08. The van der Waals surface area contributed by atoms with E-state index in [4.69, 9.17) is 11.6 Å². The van der Waals surface area contributed by atoms with Crippen LogP contribution in [0.15, 0.2) is 42.6 Å². The van der Waals surface area contributed by atoms with Gasteiger partial charge in [-0.3, -0.25) is 0 Å². The topological polar surface area (TPSA) is 60.5 Å². The zero-order valence-electron chi connectivity index (χ0n) is 14.9. The minimum atomic E-state index is -0.229. The maximum Gasteiger partial charge on any atom is 0.315 e. The van der Waals surface area contributed by atoms with Crippen LogP contribution < -0.4 is 15.5 Å². The van der Waals surface area contributed by atoms with Crippen molar-refractivity contribution in [3.63, 3.8) is 0 Å². The Morgan fingerprint density at radius 3 is 2.50 bits per heavy atom. The summed E-state index contributed by atoms with van der Waals surface area (Å²) < 4.78 is 0. The van der Waals surface area contributed by atoms with E-state index in [1.165, 1.54) is 0 Å². The number of hydrogen-bond acceptors (Lipinski definition) is 4. The van der Waals surface area contributed by atoms with E-state index >= 15 is 0 Å². The van der Waals surface area contributed by atoms with Gasteiger partial charge in [-0.15, -0.1) is 0 Å². The van der Waals surface area contributed by atoms with Crippen LogP contribution in [-0.2, 0) is 13.1 Å². The molecular weight excluding hydrogens is 350 g/mol. The van der Waals surface area contributed by atoms with Crippen molar-refractivity contribution in [2.45, 2.75) is 13.1 Å². The van der Waals surface area contributed by atoms with Gasteiger partial charge in [0, 0.05) is 50.5 Å². The number of carbonyl (C=O) groups is 1. The Labute approximate surface area is 159 Å². The Morgan fingerprint density at radius 1 is 1.08 bits per heavy atom. The van der Waals surface area contributed by atoms with Gasteiger partial charge >= 0.3 is 6.03 Å². The lowest BCUT2D eigenvalue weighted by Gasteiger charge is -2.33. The molecule has 0 saturated carbocycles. The molecule has 1 aliphatic rings. The fourth-order valence-corrected chi connectivity index (χ4v) is 3.01. The molecule has 1 fully saturated rings. The van der Waals surface area contributed by atoms with Crippen LogP contribution in [0.1, 0.15) is 11.1 Å². The van der Waals surface area contributed by atoms with E-state index < -0.39 is 0 Å². The van der Waals surface area contributed by atoms with Gasteiger partial charge in [-0.1, -0.05) is 35.9 Å². The fourth-order valence-electron chi connectivity index (χ4n) is 2.81. The molecule has 0 bridgehead atoms. The van der Waals surface area contributed by atoms with Gasteiger partial charge in [-0.25, -0.2) is 9.78 Å². The second kappa shape index (κ2) is 8.87. The highest BCUT2D eigenvalue weighted by atomic mass is 35.5. The standard InChI is InChI=1S/C19H24ClN5O/c1-24-8-10-25(11-9-24)18-7-6-15(12-21-18)13-22-19(26)23-14-16-4-2-3-5-17(16)20/h2-7,12H,8-11,13-14H2,1H3,(H2,22,23,26). The van der Waals surface area contributed by atoms with Gasteiger partial charge in [0.1, 0.15) is 5.82 Å². The fraction of sp³-hybridized carbons (Fsp3) is 0.368. The quantitative estimate of drug-likeness (QED) is 0.845. The maximum atomic E-state index is 11.9. The van der Waals surface area contributed by atoms with Gasteiger partial charge in [-0.2, -0.15) is 0 Å². The van der Waals surface area contributed by atoms with Crippen molar-refractivity contribution in [2.24, 2.45) is 0 Å². The van der Waals surface area contributed by atoms with Crippen molar-refractivity contribution in [1.82, 2.24) is 20.5 Å². The molecule has 1 saturated heterocycles. The van der Waals surface area contributed by atoms with E-state index in [-0.39, 0.29) is 6.03 Å². The van der Waals surface area contributed by atoms with E-state index in [2.05, 4.69) is 32.5 Å². The van der Waals surface area contributed by atoms with Crippen LogP contribution >= 0.6 is 11.6 Å². The summed E-state index contributed by atoms with van der Waals surface area (Å²) in [4.78, 5) is 21.1. The number of likely N-dealkylation sites (N-methyl/N-ethyl adjacent to an activating group) is 1. The maximum absolute atomic E-state index is 11.9. The summed E-state index contributed by atoms with van der Waals surface area (Å²) in [5.74, 6) is 0.991. The van der Waals surface area contributed by atoms with Crippen molar-refractivity contribution < 1.29 is 4.79 Å². The lowest BCUT2D eigenvalue weighted by atomic mass is 10.2. The summed E-state index contributed by atoms with van der Waals surface area (Å²) in [5, 5.41) is 6.30. The predicted molar refractivity (Wildman–Crippen MR) is 104 cm³/mol. The third-order valence-electron chi connectivity index (χ3n) is 4.49. The average Bonchev–Trinajstić information content (AvgIpc) is 2.67. The lowest BCUT2D eigenvalue weighted by molar-refractivity contribution is 0.240. The van der Waals surface area contributed by atoms with Crippen LogP contribution in [-0.4, -0.2) is 49.1 Å². The first-order valence-electron chi connectivity index (χ1n) is 8.75. The Kier molecular flexibility index (Phi) is 6.30. The Bertz CT molecular complexity index is 729. The van der Waals surface area contributed by atoms with Crippen molar-refractivity contribution in [3.8, 4) is 0 Å². The molecule has 138 valence electrons. The zero-order valence-corrected chi connectivity index (χ0v) is 15.7. The summed E-state index contributed by atoms with van der Waals surface area (Å²) in [6.07, 6.45) is 1.82. The van der Waals surface area contributed by atoms with Crippen LogP contribution in [0.4, 0.5) is 10.6 Å². The molecule has 0 radical (unpaired) electrons. The van der Waals surface area contributed by atoms with Gasteiger partial charge in [0.15, 0.2) is 0 Å². The molecule has 0 spiro atoms. The minimum Gasteiger partial charge on any atom is -0.354 e. The molecule has 2 aromatic rings. The number of halogens is 1. The third kappa shape index (κ3) is 5.09. The largest absolute Gasteiger partial charge is 0.354 e. The van der Waals surface area contributed by atoms with E-state index in [1.54, 1.807) is 0 Å². The van der Waals surface area contributed by atoms with Crippen LogP contribution in [0, 0.1) is 0 Å². The molecule has 0 unspecified atom stereocenters. The molecule has 6 nitrogen and oxygen atoms in total. The Morgan fingerprint density at radius 2 is 1.81 bits per heavy atom. The van der Waals surface area contributed by atoms with Crippen LogP contribution in [0.2, 0.25) is 5.02 Å². The summed E-state index contributed by atoms with van der Waals surface area (Å²) in [6.45, 7) is 4.92. The van der Waals surface area contributed by atoms with Gasteiger partial charge in [-0.05, 0) is 30.3 Å². The number of piperazine rings is 1. The number of nitrogens with zero attached hydrogens (tertiary/aromatic N) is 3. The molecule has 0 atom stereocenters. The third-order valence-corrected chi connectivity index (χ3v) is 4.86. The number of aromatic nitrogens is 1. The number of pyridine rings is 1. The first kappa shape index (κ1) is 18.5. The van der Waals surface area contributed by atoms with Crippen molar-refractivity contribution >= 4 is 23.4 Å². The summed E-state index contributed by atoms with van der Waals surface area (Å²) in [5.41, 5.74) is 1.86. The molecule has 0 aliphatic carbocycles. The van der Waals surface area contributed by atoms with E-state index in [9.17, 15) is 4.79 Å². The van der Waals surface area contributed by atoms with Crippen molar-refractivity contribution in [2.75, 3.05) is 38.1 Å². The minimum absolute atomic E-state index is 0.229. The number of hydrogen-bond donors (Lipinski definition) is 2. The number of carbonyl (C=O) groups excluding carboxylic acids is 1. The van der Waals surface area contributed by atoms with E-state index in [0.717, 1.165) is 43.1 Å². The molecule has 2 heterocycles. The summed E-state index contributed by atoms with van der Waals surface area (Å²) in [6, 6.07) is 11.3. The molecule has 1 aromatic carbocycles. The highest BCUT2D eigenvalue weighted by Crippen LogP contribution is 2.15. The second-order valence-electron chi connectivity index (χ2n) is 6.44. The number of nitrogens with one attached hydrogen (secondary N) is 2. The number of anilines is 1. The predicted octanol–water partition coefficient (Wildman–Crippen LogP) is 2.49. The Balaban J connectivity index is 1.44. The SMILES string of the molecule is CN1CCN(c2ccc(CNC(=O)NCc3ccccc3Cl)cn2)CC1. The van der Waals surface area contributed by atoms with Crippen LogP contribution in [0.3, 0.4) is 0 Å². The molecule has 7 heteroatoms. The van der Waals surface area contributed by atoms with Gasteiger partial charge < -0.3 is 20.4 Å². The normalized spacial score (nSPS) is 14.9. The Hall–Kier alpha value is -2.31. The summed E-state index contributed by atoms with van der Waals surface area (Å²) in [7, 11) is 2.14. The smallest absolute Gasteiger partial charge is 0.315 e. The average molecular weight is 374 g/mol. The first-order chi connectivity index (χ1) is 12.6. The molecule has 26 heavy (non-hydrogen) atoms. The van der Waals surface area contributed by atoms with Crippen molar-refractivity contribution in [1.29, 1.82) is 0 Å². The van der Waals surface area contributed by atoms with Crippen LogP contribution in [0.5, 0.6) is 0 Å². The van der Waals surface area contributed by atoms with Crippen molar-refractivity contribution in [3.05, 3.63) is 58.7 Å². The molecule has 1 aromatic heterocycles. The molecule has 1 aliphatic heterocycles. The highest BCUT2D eigenvalue weighted by Gasteiger charge is 2.15. The highest BCUT2D eigenvalue weighted by molar-refractivity contribution is 6.31. The van der Waals surface area contributed by atoms with E-state index in [0.29, 0.717) is 18.1 Å². The van der Waals surface area contributed by atoms with E-state index in [1.807, 2.05) is 42.6 Å².